The van der Waals surface area contributed by atoms with Gasteiger partial charge < -0.3 is 21.5 Å². The topological polar surface area (TPSA) is 144 Å². The van der Waals surface area contributed by atoms with Crippen molar-refractivity contribution in [3.8, 4) is 11.3 Å². The lowest BCUT2D eigenvalue weighted by molar-refractivity contribution is 0.0954. The summed E-state index contributed by atoms with van der Waals surface area (Å²) in [6.45, 7) is 8.99. The van der Waals surface area contributed by atoms with Gasteiger partial charge in [-0.1, -0.05) is 32.9 Å². The monoisotopic (exact) mass is 520 g/mol. The van der Waals surface area contributed by atoms with Crippen molar-refractivity contribution in [1.29, 1.82) is 0 Å². The molecule has 194 valence electrons. The number of thiazole rings is 1. The van der Waals surface area contributed by atoms with E-state index in [4.69, 9.17) is 10.8 Å². The van der Waals surface area contributed by atoms with Crippen molar-refractivity contribution in [2.24, 2.45) is 5.73 Å². The van der Waals surface area contributed by atoms with Gasteiger partial charge in [0.25, 0.3) is 5.91 Å². The first-order valence-electron chi connectivity index (χ1n) is 12.0. The Balaban J connectivity index is 1.40. The lowest BCUT2D eigenvalue weighted by Crippen LogP contribution is -2.29. The molecule has 0 bridgehead atoms. The SMILES string of the molecule is Cc1cc(-c2ccnc(Nc3cnn(C[C@H](N)CO)c3)n2)ccc1CNC(=O)c1cnc(C(C)(C)C)s1. The number of amides is 1. The van der Waals surface area contributed by atoms with Crippen LogP contribution in [-0.4, -0.2) is 48.4 Å². The van der Waals surface area contributed by atoms with E-state index in [9.17, 15) is 4.79 Å². The Bertz CT molecular complexity index is 1370. The second kappa shape index (κ2) is 11.2. The third-order valence-corrected chi connectivity index (χ3v) is 7.07. The number of carbonyl (C=O) groups is 1. The molecule has 5 N–H and O–H groups in total. The Morgan fingerprint density at radius 1 is 1.22 bits per heavy atom. The molecule has 0 aliphatic rings. The van der Waals surface area contributed by atoms with Crippen LogP contribution >= 0.6 is 11.3 Å². The van der Waals surface area contributed by atoms with Crippen LogP contribution in [0.3, 0.4) is 0 Å². The molecule has 0 aliphatic carbocycles. The number of nitrogens with two attached hydrogens (primary N) is 1. The van der Waals surface area contributed by atoms with E-state index in [2.05, 4.69) is 51.5 Å². The Hall–Kier alpha value is -3.67. The Kier molecular flexibility index (Phi) is 7.96. The molecule has 1 atom stereocenters. The molecule has 0 fully saturated rings. The van der Waals surface area contributed by atoms with E-state index in [0.29, 0.717) is 23.9 Å². The van der Waals surface area contributed by atoms with E-state index < -0.39 is 0 Å². The summed E-state index contributed by atoms with van der Waals surface area (Å²) in [5.74, 6) is 0.321. The normalized spacial score (nSPS) is 12.4. The number of nitrogens with zero attached hydrogens (tertiary/aromatic N) is 5. The minimum atomic E-state index is -0.374. The fraction of sp³-hybridized carbons (Fsp3) is 0.346. The number of carbonyl (C=O) groups excluding carboxylic acids is 1. The molecule has 4 aromatic rings. The van der Waals surface area contributed by atoms with Crippen LogP contribution in [0.5, 0.6) is 0 Å². The summed E-state index contributed by atoms with van der Waals surface area (Å²) in [7, 11) is 0. The van der Waals surface area contributed by atoms with Crippen molar-refractivity contribution in [3.63, 3.8) is 0 Å². The second-order valence-electron chi connectivity index (χ2n) is 9.89. The highest BCUT2D eigenvalue weighted by Crippen LogP contribution is 2.27. The molecule has 0 saturated heterocycles. The smallest absolute Gasteiger partial charge is 0.263 e. The van der Waals surface area contributed by atoms with Gasteiger partial charge in [-0.05, 0) is 30.2 Å². The quantitative estimate of drug-likeness (QED) is 0.263. The van der Waals surface area contributed by atoms with Gasteiger partial charge in [0.15, 0.2) is 0 Å². The third kappa shape index (κ3) is 6.76. The molecule has 0 spiro atoms. The van der Waals surface area contributed by atoms with Gasteiger partial charge in [0.2, 0.25) is 5.95 Å². The van der Waals surface area contributed by atoms with Crippen molar-refractivity contribution in [2.75, 3.05) is 11.9 Å². The standard InChI is InChI=1S/C26H32N8O2S/c1-16-9-17(5-6-18(16)10-29-23(36)22-12-30-24(37-22)26(2,3)4)21-7-8-28-25(33-21)32-20-11-31-34(14-20)13-19(27)15-35/h5-9,11-12,14,19,35H,10,13,15,27H2,1-4H3,(H,29,36)(H,28,32,33)/t19-/m0/s1. The summed E-state index contributed by atoms with van der Waals surface area (Å²) in [6, 6.07) is 7.51. The summed E-state index contributed by atoms with van der Waals surface area (Å²) in [5.41, 5.74) is 10.2. The van der Waals surface area contributed by atoms with Gasteiger partial charge in [0, 0.05) is 36.0 Å². The number of benzene rings is 1. The average molecular weight is 521 g/mol. The van der Waals surface area contributed by atoms with Crippen LogP contribution in [0.25, 0.3) is 11.3 Å². The van der Waals surface area contributed by atoms with Crippen LogP contribution < -0.4 is 16.4 Å². The van der Waals surface area contributed by atoms with Gasteiger partial charge in [0.05, 0.1) is 41.9 Å². The molecule has 3 aromatic heterocycles. The third-order valence-electron chi connectivity index (χ3n) is 5.65. The summed E-state index contributed by atoms with van der Waals surface area (Å²) in [4.78, 5) is 26.6. The first-order chi connectivity index (χ1) is 17.6. The van der Waals surface area contributed by atoms with Gasteiger partial charge in [0.1, 0.15) is 4.88 Å². The molecule has 0 aliphatic heterocycles. The van der Waals surface area contributed by atoms with Crippen LogP contribution in [0.15, 0.2) is 49.1 Å². The summed E-state index contributed by atoms with van der Waals surface area (Å²) >= 11 is 1.43. The number of aryl methyl sites for hydroxylation is 1. The number of nitrogens with one attached hydrogen (secondary N) is 2. The summed E-state index contributed by atoms with van der Waals surface area (Å²) in [5, 5.41) is 20.4. The number of rotatable bonds is 9. The van der Waals surface area contributed by atoms with E-state index in [1.807, 2.05) is 31.2 Å². The number of aliphatic hydroxyl groups is 1. The molecule has 1 amide bonds. The number of hydrogen-bond acceptors (Lipinski definition) is 9. The Labute approximate surface area is 220 Å². The van der Waals surface area contributed by atoms with Crippen molar-refractivity contribution in [3.05, 3.63) is 70.1 Å². The van der Waals surface area contributed by atoms with E-state index in [1.165, 1.54) is 11.3 Å². The lowest BCUT2D eigenvalue weighted by atomic mass is 9.98. The average Bonchev–Trinajstić information content (AvgIpc) is 3.53. The zero-order valence-corrected chi connectivity index (χ0v) is 22.2. The predicted molar refractivity (Wildman–Crippen MR) is 145 cm³/mol. The number of anilines is 2. The van der Waals surface area contributed by atoms with Crippen LogP contribution in [0.2, 0.25) is 0 Å². The van der Waals surface area contributed by atoms with Crippen LogP contribution in [-0.2, 0) is 18.5 Å². The highest BCUT2D eigenvalue weighted by atomic mass is 32.1. The second-order valence-corrected chi connectivity index (χ2v) is 10.9. The molecule has 10 nitrogen and oxygen atoms in total. The fourth-order valence-corrected chi connectivity index (χ4v) is 4.47. The maximum Gasteiger partial charge on any atom is 0.263 e. The minimum absolute atomic E-state index is 0.0809. The van der Waals surface area contributed by atoms with Crippen molar-refractivity contribution in [2.45, 2.75) is 52.2 Å². The lowest BCUT2D eigenvalue weighted by Gasteiger charge is -2.13. The van der Waals surface area contributed by atoms with Crippen LogP contribution in [0, 0.1) is 6.92 Å². The maximum absolute atomic E-state index is 12.6. The number of aromatic nitrogens is 5. The van der Waals surface area contributed by atoms with Crippen molar-refractivity contribution in [1.82, 2.24) is 30.0 Å². The maximum atomic E-state index is 12.6. The molecule has 3 heterocycles. The molecular weight excluding hydrogens is 488 g/mol. The Morgan fingerprint density at radius 3 is 2.73 bits per heavy atom. The molecule has 37 heavy (non-hydrogen) atoms. The molecule has 1 aromatic carbocycles. The molecule has 0 unspecified atom stereocenters. The van der Waals surface area contributed by atoms with Gasteiger partial charge in [-0.15, -0.1) is 11.3 Å². The fourth-order valence-electron chi connectivity index (χ4n) is 3.58. The van der Waals surface area contributed by atoms with E-state index >= 15 is 0 Å². The highest BCUT2D eigenvalue weighted by Gasteiger charge is 2.20. The zero-order valence-electron chi connectivity index (χ0n) is 21.4. The van der Waals surface area contributed by atoms with Gasteiger partial charge in [-0.3, -0.25) is 9.48 Å². The van der Waals surface area contributed by atoms with E-state index in [1.54, 1.807) is 29.5 Å². The predicted octanol–water partition coefficient (Wildman–Crippen LogP) is 3.40. The molecule has 4 rings (SSSR count). The first kappa shape index (κ1) is 26.4. The summed E-state index contributed by atoms with van der Waals surface area (Å²) in [6.07, 6.45) is 6.78. The minimum Gasteiger partial charge on any atom is -0.395 e. The molecular formula is C26H32N8O2S. The molecule has 11 heteroatoms. The van der Waals surface area contributed by atoms with Crippen molar-refractivity contribution >= 4 is 28.9 Å². The van der Waals surface area contributed by atoms with Crippen LogP contribution in [0.1, 0.15) is 46.6 Å². The highest BCUT2D eigenvalue weighted by molar-refractivity contribution is 7.13. The van der Waals surface area contributed by atoms with E-state index in [-0.39, 0.29) is 24.0 Å². The van der Waals surface area contributed by atoms with Gasteiger partial charge in [-0.25, -0.2) is 15.0 Å². The van der Waals surface area contributed by atoms with Gasteiger partial charge >= 0.3 is 0 Å². The van der Waals surface area contributed by atoms with E-state index in [0.717, 1.165) is 33.1 Å². The van der Waals surface area contributed by atoms with Crippen LogP contribution in [0.4, 0.5) is 11.6 Å². The molecule has 0 saturated carbocycles. The molecule has 0 radical (unpaired) electrons. The zero-order chi connectivity index (χ0) is 26.6. The van der Waals surface area contributed by atoms with Crippen molar-refractivity contribution < 1.29 is 9.90 Å². The number of aliphatic hydroxyl groups excluding tert-OH is 1. The number of hydrogen-bond donors (Lipinski definition) is 4. The Morgan fingerprint density at radius 2 is 2.03 bits per heavy atom. The van der Waals surface area contributed by atoms with Gasteiger partial charge in [-0.2, -0.15) is 5.10 Å². The largest absolute Gasteiger partial charge is 0.395 e. The summed E-state index contributed by atoms with van der Waals surface area (Å²) < 4.78 is 1.66. The first-order valence-corrected chi connectivity index (χ1v) is 12.8.